The highest BCUT2D eigenvalue weighted by atomic mass is 16.5. The summed E-state index contributed by atoms with van der Waals surface area (Å²) in [5, 5.41) is 4.97. The summed E-state index contributed by atoms with van der Waals surface area (Å²) in [5.41, 5.74) is 4.17. The molecule has 2 aromatic heterocycles. The molecule has 0 atom stereocenters. The summed E-state index contributed by atoms with van der Waals surface area (Å²) in [6.45, 7) is 4.49. The van der Waals surface area contributed by atoms with Gasteiger partial charge in [0.1, 0.15) is 5.76 Å². The quantitative estimate of drug-likeness (QED) is 0.732. The van der Waals surface area contributed by atoms with E-state index in [-0.39, 0.29) is 5.78 Å². The summed E-state index contributed by atoms with van der Waals surface area (Å²) in [6.07, 6.45) is 0.477. The largest absolute Gasteiger partial charge is 0.361 e. The Labute approximate surface area is 135 Å². The van der Waals surface area contributed by atoms with Crippen molar-refractivity contribution in [1.29, 1.82) is 0 Å². The van der Waals surface area contributed by atoms with Crippen molar-refractivity contribution in [2.24, 2.45) is 0 Å². The lowest BCUT2D eigenvalue weighted by molar-refractivity contribution is 0.0975. The van der Waals surface area contributed by atoms with E-state index in [1.807, 2.05) is 57.1 Å². The van der Waals surface area contributed by atoms with Gasteiger partial charge < -0.3 is 14.4 Å². The lowest BCUT2D eigenvalue weighted by Gasteiger charge is -2.09. The van der Waals surface area contributed by atoms with Crippen LogP contribution in [0.5, 0.6) is 0 Å². The Morgan fingerprint density at radius 3 is 2.65 bits per heavy atom. The van der Waals surface area contributed by atoms with Gasteiger partial charge in [0.2, 0.25) is 0 Å². The fourth-order valence-corrected chi connectivity index (χ4v) is 2.91. The molecule has 0 aliphatic carbocycles. The topological polar surface area (TPSA) is 62.1 Å². The molecule has 2 heterocycles. The van der Waals surface area contributed by atoms with Gasteiger partial charge in [-0.25, -0.2) is 0 Å². The van der Waals surface area contributed by atoms with Crippen LogP contribution in [0, 0.1) is 13.8 Å². The molecule has 0 aliphatic heterocycles. The van der Waals surface area contributed by atoms with E-state index in [1.54, 1.807) is 0 Å². The van der Waals surface area contributed by atoms with E-state index >= 15 is 0 Å². The van der Waals surface area contributed by atoms with E-state index in [2.05, 4.69) is 10.1 Å². The number of para-hydroxylation sites is 1. The van der Waals surface area contributed by atoms with Crippen molar-refractivity contribution in [3.8, 4) is 11.3 Å². The second-order valence-corrected chi connectivity index (χ2v) is 6.10. The lowest BCUT2D eigenvalue weighted by Crippen LogP contribution is -2.17. The highest BCUT2D eigenvalue weighted by Crippen LogP contribution is 2.34. The lowest BCUT2D eigenvalue weighted by atomic mass is 9.99. The molecule has 23 heavy (non-hydrogen) atoms. The number of benzene rings is 1. The Morgan fingerprint density at radius 1 is 1.26 bits per heavy atom. The first-order valence-corrected chi connectivity index (χ1v) is 7.71. The molecule has 0 spiro atoms. The molecule has 0 fully saturated rings. The molecular weight excluding hydrogens is 290 g/mol. The minimum atomic E-state index is 0.131. The number of H-pyrrole nitrogens is 1. The van der Waals surface area contributed by atoms with Crippen LogP contribution in [0.15, 0.2) is 28.8 Å². The number of aromatic nitrogens is 2. The first-order valence-electron chi connectivity index (χ1n) is 7.71. The third-order valence-electron chi connectivity index (χ3n) is 4.05. The van der Waals surface area contributed by atoms with Crippen LogP contribution in [-0.2, 0) is 0 Å². The minimum Gasteiger partial charge on any atom is -0.361 e. The van der Waals surface area contributed by atoms with Crippen LogP contribution in [0.25, 0.3) is 22.2 Å². The molecule has 0 saturated heterocycles. The van der Waals surface area contributed by atoms with Gasteiger partial charge in [-0.15, -0.1) is 0 Å². The molecule has 0 saturated carbocycles. The number of carbonyl (C=O) groups is 1. The molecule has 0 amide bonds. The molecule has 0 unspecified atom stereocenters. The van der Waals surface area contributed by atoms with Gasteiger partial charge in [-0.2, -0.15) is 0 Å². The predicted octanol–water partition coefficient (Wildman–Crippen LogP) is 3.57. The van der Waals surface area contributed by atoms with Gasteiger partial charge in [0.25, 0.3) is 0 Å². The van der Waals surface area contributed by atoms with Crippen LogP contribution in [0.2, 0.25) is 0 Å². The summed E-state index contributed by atoms with van der Waals surface area (Å²) in [6, 6.07) is 7.89. The van der Waals surface area contributed by atoms with Gasteiger partial charge in [0.15, 0.2) is 5.78 Å². The first kappa shape index (κ1) is 15.5. The average molecular weight is 311 g/mol. The number of aromatic amines is 1. The fourth-order valence-electron chi connectivity index (χ4n) is 2.91. The molecule has 0 aliphatic rings. The van der Waals surface area contributed by atoms with Gasteiger partial charge in [-0.05, 0) is 34.0 Å². The Balaban J connectivity index is 2.18. The molecule has 120 valence electrons. The standard InChI is InChI=1S/C18H21N3O2/c1-11-16(12(2)23-20-11)18-17(15(22)9-10-21(3)4)13-7-5-6-8-14(13)19-18/h5-8,19H,9-10H2,1-4H3. The molecule has 1 N–H and O–H groups in total. The maximum absolute atomic E-state index is 12.9. The van der Waals surface area contributed by atoms with Gasteiger partial charge in [0, 0.05) is 23.9 Å². The molecule has 5 nitrogen and oxygen atoms in total. The number of ketones is 1. The number of nitrogens with one attached hydrogen (secondary N) is 1. The van der Waals surface area contributed by atoms with Gasteiger partial charge in [-0.3, -0.25) is 4.79 Å². The molecule has 3 rings (SSSR count). The summed E-state index contributed by atoms with van der Waals surface area (Å²) < 4.78 is 5.29. The third kappa shape index (κ3) is 2.80. The average Bonchev–Trinajstić information content (AvgIpc) is 3.04. The summed E-state index contributed by atoms with van der Waals surface area (Å²) in [7, 11) is 3.94. The van der Waals surface area contributed by atoms with Crippen molar-refractivity contribution < 1.29 is 9.32 Å². The smallest absolute Gasteiger partial charge is 0.166 e. The number of fused-ring (bicyclic) bond motifs is 1. The zero-order valence-electron chi connectivity index (χ0n) is 13.9. The summed E-state index contributed by atoms with van der Waals surface area (Å²) in [5.74, 6) is 0.849. The monoisotopic (exact) mass is 311 g/mol. The maximum Gasteiger partial charge on any atom is 0.166 e. The number of rotatable bonds is 5. The normalized spacial score (nSPS) is 11.5. The van der Waals surface area contributed by atoms with Crippen LogP contribution in [0.1, 0.15) is 28.2 Å². The van der Waals surface area contributed by atoms with Crippen molar-refractivity contribution in [2.75, 3.05) is 20.6 Å². The summed E-state index contributed by atoms with van der Waals surface area (Å²) >= 11 is 0. The van der Waals surface area contributed by atoms with Crippen molar-refractivity contribution in [1.82, 2.24) is 15.0 Å². The Morgan fingerprint density at radius 2 is 2.00 bits per heavy atom. The minimum absolute atomic E-state index is 0.131. The SMILES string of the molecule is Cc1noc(C)c1-c1[nH]c2ccccc2c1C(=O)CCN(C)C. The summed E-state index contributed by atoms with van der Waals surface area (Å²) in [4.78, 5) is 18.3. The van der Waals surface area contributed by atoms with Crippen LogP contribution in [0.3, 0.4) is 0 Å². The van der Waals surface area contributed by atoms with Crippen molar-refractivity contribution in [2.45, 2.75) is 20.3 Å². The van der Waals surface area contributed by atoms with Crippen LogP contribution in [0.4, 0.5) is 0 Å². The van der Waals surface area contributed by atoms with Crippen molar-refractivity contribution >= 4 is 16.7 Å². The number of Topliss-reactive ketones (excluding diaryl/α,β-unsaturated/α-hetero) is 1. The maximum atomic E-state index is 12.9. The van der Waals surface area contributed by atoms with Crippen molar-refractivity contribution in [3.05, 3.63) is 41.3 Å². The van der Waals surface area contributed by atoms with Gasteiger partial charge >= 0.3 is 0 Å². The third-order valence-corrected chi connectivity index (χ3v) is 4.05. The predicted molar refractivity (Wildman–Crippen MR) is 90.8 cm³/mol. The fraction of sp³-hybridized carbons (Fsp3) is 0.333. The van der Waals surface area contributed by atoms with Gasteiger partial charge in [-0.1, -0.05) is 23.4 Å². The van der Waals surface area contributed by atoms with Crippen molar-refractivity contribution in [3.63, 3.8) is 0 Å². The number of nitrogens with zero attached hydrogens (tertiary/aromatic N) is 2. The number of hydrogen-bond acceptors (Lipinski definition) is 4. The van der Waals surface area contributed by atoms with E-state index in [9.17, 15) is 4.79 Å². The zero-order valence-corrected chi connectivity index (χ0v) is 13.9. The van der Waals surface area contributed by atoms with E-state index in [4.69, 9.17) is 4.52 Å². The highest BCUT2D eigenvalue weighted by molar-refractivity contribution is 6.13. The number of carbonyl (C=O) groups excluding carboxylic acids is 1. The van der Waals surface area contributed by atoms with E-state index in [0.29, 0.717) is 6.42 Å². The highest BCUT2D eigenvalue weighted by Gasteiger charge is 2.23. The Kier molecular flexibility index (Phi) is 4.05. The number of hydrogen-bond donors (Lipinski definition) is 1. The Bertz CT molecular complexity index is 839. The second-order valence-electron chi connectivity index (χ2n) is 6.10. The molecule has 0 bridgehead atoms. The molecule has 5 heteroatoms. The van der Waals surface area contributed by atoms with Crippen LogP contribution >= 0.6 is 0 Å². The van der Waals surface area contributed by atoms with E-state index in [1.165, 1.54) is 0 Å². The van der Waals surface area contributed by atoms with E-state index in [0.717, 1.165) is 45.7 Å². The van der Waals surface area contributed by atoms with Gasteiger partial charge in [0.05, 0.1) is 22.5 Å². The molecule has 0 radical (unpaired) electrons. The first-order chi connectivity index (χ1) is 11.0. The zero-order chi connectivity index (χ0) is 16.6. The second kappa shape index (κ2) is 6.01. The number of aryl methyl sites for hydroxylation is 2. The van der Waals surface area contributed by atoms with Crippen LogP contribution in [-0.4, -0.2) is 41.5 Å². The van der Waals surface area contributed by atoms with Crippen LogP contribution < -0.4 is 0 Å². The van der Waals surface area contributed by atoms with E-state index < -0.39 is 0 Å². The Hall–Kier alpha value is -2.40. The molecular formula is C18H21N3O2. The molecule has 3 aromatic rings. The molecule has 1 aromatic carbocycles.